The van der Waals surface area contributed by atoms with E-state index in [0.717, 1.165) is 11.1 Å². The van der Waals surface area contributed by atoms with E-state index >= 15 is 0 Å². The van der Waals surface area contributed by atoms with Crippen molar-refractivity contribution in [2.75, 3.05) is 0 Å². The minimum absolute atomic E-state index is 0.000171. The van der Waals surface area contributed by atoms with Crippen molar-refractivity contribution in [1.82, 2.24) is 10.1 Å². The van der Waals surface area contributed by atoms with Crippen LogP contribution in [0.4, 0.5) is 4.39 Å². The van der Waals surface area contributed by atoms with E-state index in [4.69, 9.17) is 32.8 Å². The van der Waals surface area contributed by atoms with Crippen LogP contribution in [-0.2, 0) is 12.2 Å². The van der Waals surface area contributed by atoms with Gasteiger partial charge in [-0.05, 0) is 75.1 Å². The van der Waals surface area contributed by atoms with Gasteiger partial charge in [-0.2, -0.15) is 0 Å². The van der Waals surface area contributed by atoms with Crippen molar-refractivity contribution in [1.29, 1.82) is 0 Å². The van der Waals surface area contributed by atoms with Crippen LogP contribution >= 0.6 is 34.5 Å². The van der Waals surface area contributed by atoms with Gasteiger partial charge in [0.1, 0.15) is 16.8 Å². The number of benzene rings is 2. The molecular weight excluding hydrogens is 590 g/mol. The summed E-state index contributed by atoms with van der Waals surface area (Å²) in [6.07, 6.45) is 5.01. The highest BCUT2D eigenvalue weighted by molar-refractivity contribution is 7.18. The molecule has 3 unspecified atom stereocenters. The first-order valence-corrected chi connectivity index (χ1v) is 15.1. The van der Waals surface area contributed by atoms with Gasteiger partial charge in [-0.15, -0.1) is 11.3 Å². The van der Waals surface area contributed by atoms with Crippen LogP contribution in [0.15, 0.2) is 34.9 Å². The summed E-state index contributed by atoms with van der Waals surface area (Å²) in [5, 5.41) is 34.2. The van der Waals surface area contributed by atoms with E-state index in [2.05, 4.69) is 17.1 Å². The maximum atomic E-state index is 14.2. The highest BCUT2D eigenvalue weighted by atomic mass is 35.5. The molecule has 7 nitrogen and oxygen atoms in total. The maximum Gasteiger partial charge on any atom is 0.335 e. The molecule has 11 heteroatoms. The summed E-state index contributed by atoms with van der Waals surface area (Å²) in [6.45, 7) is 5.08. The van der Waals surface area contributed by atoms with Gasteiger partial charge in [-0.25, -0.2) is 14.2 Å². The first-order chi connectivity index (χ1) is 19.4. The molecule has 4 aromatic rings. The molecule has 0 radical (unpaired) electrons. The van der Waals surface area contributed by atoms with Crippen LogP contribution in [-0.4, -0.2) is 31.4 Å². The molecule has 0 amide bonds. The second kappa shape index (κ2) is 11.6. The van der Waals surface area contributed by atoms with E-state index < -0.39 is 17.4 Å². The summed E-state index contributed by atoms with van der Waals surface area (Å²) in [4.78, 5) is 15.6. The van der Waals surface area contributed by atoms with Crippen LogP contribution in [0.1, 0.15) is 79.1 Å². The number of thiazole rings is 1. The molecule has 41 heavy (non-hydrogen) atoms. The fourth-order valence-corrected chi connectivity index (χ4v) is 8.26. The molecule has 4 atom stereocenters. The predicted molar refractivity (Wildman–Crippen MR) is 157 cm³/mol. The standard InChI is InChI=1S/C17H18FNO2S.C13H13Cl2NO3/c1-8-5-9-3-2-4-11(8)14(9)16-19-15-12(18)6-10(17(20)21)7-13(15)22-16;1-13(2,18)12-7(6-17)11(16-19-12)10-8(14)4-3-5-9(10)15/h6-9,11,14H,2-5H2,1H3,(H,20,21);3-5,17-18H,6H2,1-2H3/t8?,9-,11?,14?;/m0./s1. The zero-order chi connectivity index (χ0) is 29.6. The van der Waals surface area contributed by atoms with E-state index in [1.165, 1.54) is 37.0 Å². The summed E-state index contributed by atoms with van der Waals surface area (Å²) in [5.74, 6) is 1.05. The van der Waals surface area contributed by atoms with Crippen LogP contribution in [0.5, 0.6) is 0 Å². The summed E-state index contributed by atoms with van der Waals surface area (Å²) in [6, 6.07) is 7.68. The van der Waals surface area contributed by atoms with Crippen molar-refractivity contribution in [2.24, 2.45) is 17.8 Å². The zero-order valence-electron chi connectivity index (χ0n) is 22.8. The van der Waals surface area contributed by atoms with Crippen LogP contribution in [0.25, 0.3) is 21.5 Å². The normalized spacial score (nSPS) is 22.0. The number of nitrogens with zero attached hydrogens (tertiary/aromatic N) is 2. The number of aliphatic hydroxyl groups excluding tert-OH is 1. The second-order valence-corrected chi connectivity index (χ2v) is 13.3. The zero-order valence-corrected chi connectivity index (χ0v) is 25.2. The van der Waals surface area contributed by atoms with Crippen molar-refractivity contribution in [3.63, 3.8) is 0 Å². The van der Waals surface area contributed by atoms with Gasteiger partial charge in [0.2, 0.25) is 0 Å². The summed E-state index contributed by atoms with van der Waals surface area (Å²) < 4.78 is 20.0. The van der Waals surface area contributed by atoms with Crippen LogP contribution in [0.3, 0.4) is 0 Å². The molecule has 2 saturated carbocycles. The quantitative estimate of drug-likeness (QED) is 0.207. The lowest BCUT2D eigenvalue weighted by molar-refractivity contribution is 0.0448. The Balaban J connectivity index is 0.000000167. The lowest BCUT2D eigenvalue weighted by Crippen LogP contribution is -2.19. The Hall–Kier alpha value is -2.56. The van der Waals surface area contributed by atoms with Crippen molar-refractivity contribution in [3.8, 4) is 11.3 Å². The summed E-state index contributed by atoms with van der Waals surface area (Å²) in [5.41, 5.74) is 0.284. The number of carboxylic acid groups (broad SMARTS) is 1. The Kier molecular flexibility index (Phi) is 8.47. The molecule has 6 rings (SSSR count). The Bertz CT molecular complexity index is 1580. The Morgan fingerprint density at radius 3 is 2.54 bits per heavy atom. The number of fused-ring (bicyclic) bond motifs is 3. The lowest BCUT2D eigenvalue weighted by Gasteiger charge is -2.29. The molecule has 2 aromatic carbocycles. The predicted octanol–water partition coefficient (Wildman–Crippen LogP) is 8.04. The second-order valence-electron chi connectivity index (χ2n) is 11.4. The third-order valence-corrected chi connectivity index (χ3v) is 9.92. The third-order valence-electron chi connectivity index (χ3n) is 8.19. The average Bonchev–Trinajstić information content (AvgIpc) is 3.57. The van der Waals surface area contributed by atoms with E-state index in [-0.39, 0.29) is 17.9 Å². The SMILES string of the molecule is CC(C)(O)c1onc(-c2c(Cl)cccc2Cl)c1CO.CC1C[C@@H]2CCCC1C2c1nc2c(F)cc(C(=O)O)cc2s1. The number of hydrogen-bond donors (Lipinski definition) is 3. The smallest absolute Gasteiger partial charge is 0.335 e. The Morgan fingerprint density at radius 2 is 1.93 bits per heavy atom. The monoisotopic (exact) mass is 620 g/mol. The van der Waals surface area contributed by atoms with Crippen LogP contribution in [0, 0.1) is 23.6 Å². The van der Waals surface area contributed by atoms with Gasteiger partial charge in [-0.3, -0.25) is 0 Å². The topological polar surface area (TPSA) is 117 Å². The van der Waals surface area contributed by atoms with E-state index in [1.54, 1.807) is 38.1 Å². The highest BCUT2D eigenvalue weighted by Crippen LogP contribution is 2.56. The molecule has 3 N–H and O–H groups in total. The van der Waals surface area contributed by atoms with E-state index in [9.17, 15) is 19.4 Å². The fourth-order valence-electron chi connectivity index (χ4n) is 6.39. The van der Waals surface area contributed by atoms with Crippen LogP contribution < -0.4 is 0 Å². The van der Waals surface area contributed by atoms with Crippen molar-refractivity contribution < 1.29 is 29.0 Å². The van der Waals surface area contributed by atoms with Gasteiger partial charge in [0.05, 0.1) is 37.5 Å². The summed E-state index contributed by atoms with van der Waals surface area (Å²) in [7, 11) is 0. The molecule has 0 aliphatic heterocycles. The van der Waals surface area contributed by atoms with Crippen molar-refractivity contribution in [2.45, 2.75) is 64.6 Å². The maximum absolute atomic E-state index is 14.2. The first kappa shape index (κ1) is 29.9. The number of aliphatic hydroxyl groups is 2. The number of hydrogen-bond acceptors (Lipinski definition) is 7. The minimum Gasteiger partial charge on any atom is -0.478 e. The van der Waals surface area contributed by atoms with Gasteiger partial charge in [0, 0.05) is 11.5 Å². The molecule has 2 aliphatic carbocycles. The van der Waals surface area contributed by atoms with Gasteiger partial charge in [0.25, 0.3) is 0 Å². The lowest BCUT2D eigenvalue weighted by atomic mass is 9.78. The molecule has 218 valence electrons. The van der Waals surface area contributed by atoms with Crippen molar-refractivity contribution in [3.05, 3.63) is 68.1 Å². The number of rotatable bonds is 5. The molecule has 2 aliphatic rings. The molecular formula is C30H31Cl2FN2O5S. The van der Waals surface area contributed by atoms with Gasteiger partial charge in [0.15, 0.2) is 11.6 Å². The number of carboxylic acids is 1. The molecule has 2 bridgehead atoms. The van der Waals surface area contributed by atoms with Gasteiger partial charge >= 0.3 is 5.97 Å². The molecule has 2 fully saturated rings. The molecule has 2 heterocycles. The van der Waals surface area contributed by atoms with E-state index in [1.807, 2.05) is 0 Å². The fraction of sp³-hybridized carbons (Fsp3) is 0.433. The third kappa shape index (κ3) is 5.75. The molecule has 0 spiro atoms. The van der Waals surface area contributed by atoms with Crippen LogP contribution in [0.2, 0.25) is 10.0 Å². The Morgan fingerprint density at radius 1 is 1.22 bits per heavy atom. The van der Waals surface area contributed by atoms with Gasteiger partial charge in [-0.1, -0.05) is 47.8 Å². The van der Waals surface area contributed by atoms with Crippen molar-refractivity contribution >= 4 is 50.7 Å². The molecule has 2 aromatic heterocycles. The minimum atomic E-state index is -1.25. The number of halogens is 3. The van der Waals surface area contributed by atoms with Gasteiger partial charge < -0.3 is 19.8 Å². The van der Waals surface area contributed by atoms with E-state index in [0.29, 0.717) is 60.8 Å². The Labute approximate surface area is 250 Å². The number of carbonyl (C=O) groups is 1. The first-order valence-electron chi connectivity index (χ1n) is 13.5. The molecule has 0 saturated heterocycles. The summed E-state index contributed by atoms with van der Waals surface area (Å²) >= 11 is 13.7. The number of aromatic carboxylic acids is 1. The average molecular weight is 622 g/mol. The largest absolute Gasteiger partial charge is 0.478 e. The number of aromatic nitrogens is 2. The highest BCUT2D eigenvalue weighted by Gasteiger charge is 2.45.